The predicted molar refractivity (Wildman–Crippen MR) is 138 cm³/mol. The van der Waals surface area contributed by atoms with Crippen LogP contribution in [-0.2, 0) is 12.8 Å². The molecule has 0 aliphatic rings. The van der Waals surface area contributed by atoms with Crippen molar-refractivity contribution in [2.24, 2.45) is 0 Å². The summed E-state index contributed by atoms with van der Waals surface area (Å²) in [5, 5.41) is 0. The van der Waals surface area contributed by atoms with Crippen LogP contribution < -0.4 is 0 Å². The van der Waals surface area contributed by atoms with E-state index < -0.39 is 0 Å². The molecule has 0 aliphatic heterocycles. The summed E-state index contributed by atoms with van der Waals surface area (Å²) in [6.07, 6.45) is 8.68. The summed E-state index contributed by atoms with van der Waals surface area (Å²) in [5.74, 6) is 13.2. The maximum atomic E-state index is 3.31. The van der Waals surface area contributed by atoms with E-state index in [9.17, 15) is 0 Å². The maximum Gasteiger partial charge on any atom is 0.0279 e. The van der Waals surface area contributed by atoms with E-state index in [-0.39, 0.29) is 0 Å². The Hall–Kier alpha value is -3.22. The Morgan fingerprint density at radius 1 is 0.531 bits per heavy atom. The van der Waals surface area contributed by atoms with Crippen molar-refractivity contribution in [1.82, 2.24) is 0 Å². The highest BCUT2D eigenvalue weighted by atomic mass is 14.0. The summed E-state index contributed by atoms with van der Waals surface area (Å²) in [6.45, 7) is 6.56. The van der Waals surface area contributed by atoms with Crippen LogP contribution in [0.4, 0.5) is 0 Å². The van der Waals surface area contributed by atoms with Gasteiger partial charge in [-0.15, -0.1) is 0 Å². The highest BCUT2D eigenvalue weighted by Crippen LogP contribution is 2.12. The van der Waals surface area contributed by atoms with Crippen molar-refractivity contribution in [2.45, 2.75) is 65.7 Å². The number of hydrogen-bond acceptors (Lipinski definition) is 0. The van der Waals surface area contributed by atoms with Gasteiger partial charge in [-0.05, 0) is 85.3 Å². The minimum Gasteiger partial charge on any atom is -0.0654 e. The van der Waals surface area contributed by atoms with E-state index in [1.165, 1.54) is 43.2 Å². The lowest BCUT2D eigenvalue weighted by Crippen LogP contribution is -1.87. The first-order valence-corrected chi connectivity index (χ1v) is 12.0. The molecule has 0 atom stereocenters. The molecular weight excluding hydrogens is 384 g/mol. The van der Waals surface area contributed by atoms with E-state index in [4.69, 9.17) is 0 Å². The molecule has 0 bridgehead atoms. The fraction of sp³-hybridized carbons (Fsp3) is 0.312. The van der Waals surface area contributed by atoms with E-state index in [0.29, 0.717) is 0 Å². The Labute approximate surface area is 195 Å². The first-order valence-electron chi connectivity index (χ1n) is 12.0. The van der Waals surface area contributed by atoms with Gasteiger partial charge >= 0.3 is 0 Å². The van der Waals surface area contributed by atoms with Crippen molar-refractivity contribution in [2.75, 3.05) is 0 Å². The van der Waals surface area contributed by atoms with Crippen LogP contribution in [0.25, 0.3) is 0 Å². The normalized spacial score (nSPS) is 10.1. The monoisotopic (exact) mass is 418 g/mol. The number of hydrogen-bond donors (Lipinski definition) is 0. The minimum absolute atomic E-state index is 1.03. The summed E-state index contributed by atoms with van der Waals surface area (Å²) >= 11 is 0. The van der Waals surface area contributed by atoms with Crippen molar-refractivity contribution in [3.8, 4) is 23.7 Å². The van der Waals surface area contributed by atoms with Gasteiger partial charge in [0.1, 0.15) is 0 Å². The van der Waals surface area contributed by atoms with E-state index in [1.807, 2.05) is 0 Å². The third-order valence-corrected chi connectivity index (χ3v) is 5.68. The summed E-state index contributed by atoms with van der Waals surface area (Å²) in [7, 11) is 0. The summed E-state index contributed by atoms with van der Waals surface area (Å²) in [5.41, 5.74) is 8.15. The number of benzene rings is 3. The Kier molecular flexibility index (Phi) is 9.22. The van der Waals surface area contributed by atoms with Crippen LogP contribution in [0.15, 0.2) is 66.7 Å². The molecule has 0 radical (unpaired) electrons. The molecule has 3 aromatic rings. The number of rotatable bonds is 7. The third-order valence-electron chi connectivity index (χ3n) is 5.68. The van der Waals surface area contributed by atoms with Gasteiger partial charge in [-0.1, -0.05) is 87.5 Å². The van der Waals surface area contributed by atoms with Crippen molar-refractivity contribution in [3.05, 3.63) is 106 Å². The molecule has 3 rings (SSSR count). The van der Waals surface area contributed by atoms with Gasteiger partial charge in [-0.25, -0.2) is 0 Å². The van der Waals surface area contributed by atoms with Crippen molar-refractivity contribution >= 4 is 0 Å². The molecule has 0 heteroatoms. The quantitative estimate of drug-likeness (QED) is 0.270. The molecule has 3 aromatic carbocycles. The van der Waals surface area contributed by atoms with Crippen molar-refractivity contribution < 1.29 is 0 Å². The Balaban J connectivity index is 1.62. The van der Waals surface area contributed by atoms with E-state index >= 15 is 0 Å². The first-order chi connectivity index (χ1) is 15.7. The zero-order valence-corrected chi connectivity index (χ0v) is 19.8. The van der Waals surface area contributed by atoms with Crippen LogP contribution in [0.1, 0.15) is 84.9 Å². The third kappa shape index (κ3) is 7.48. The molecule has 0 aromatic heterocycles. The van der Waals surface area contributed by atoms with Crippen LogP contribution in [-0.4, -0.2) is 0 Å². The smallest absolute Gasteiger partial charge is 0.0279 e. The first kappa shape index (κ1) is 23.4. The molecule has 32 heavy (non-hydrogen) atoms. The van der Waals surface area contributed by atoms with Gasteiger partial charge in [0.2, 0.25) is 0 Å². The standard InChI is InChI=1S/C32H34/c1-4-6-7-8-10-28-13-17-29(18-14-28)19-20-31-22-24-32(26(3)25-31)23-21-30-15-11-27(9-5-2)12-16-30/h11-18,22,24-25H,4-10H2,1-3H3. The second-order valence-corrected chi connectivity index (χ2v) is 8.48. The van der Waals surface area contributed by atoms with E-state index in [0.717, 1.165) is 40.7 Å². The fourth-order valence-electron chi connectivity index (χ4n) is 3.72. The largest absolute Gasteiger partial charge is 0.0654 e. The van der Waals surface area contributed by atoms with Crippen LogP contribution >= 0.6 is 0 Å². The van der Waals surface area contributed by atoms with Gasteiger partial charge < -0.3 is 0 Å². The average molecular weight is 419 g/mol. The second kappa shape index (κ2) is 12.6. The Bertz CT molecular complexity index is 1110. The molecular formula is C32H34. The topological polar surface area (TPSA) is 0 Å². The Morgan fingerprint density at radius 2 is 1.09 bits per heavy atom. The lowest BCUT2D eigenvalue weighted by Gasteiger charge is -2.01. The Morgan fingerprint density at radius 3 is 1.69 bits per heavy atom. The molecule has 0 unspecified atom stereocenters. The summed E-state index contributed by atoms with van der Waals surface area (Å²) in [4.78, 5) is 0. The van der Waals surface area contributed by atoms with Gasteiger partial charge in [-0.3, -0.25) is 0 Å². The molecule has 0 saturated heterocycles. The van der Waals surface area contributed by atoms with E-state index in [1.54, 1.807) is 0 Å². The molecule has 0 heterocycles. The minimum atomic E-state index is 1.03. The summed E-state index contributed by atoms with van der Waals surface area (Å²) < 4.78 is 0. The van der Waals surface area contributed by atoms with Gasteiger partial charge in [0.25, 0.3) is 0 Å². The molecule has 0 nitrogen and oxygen atoms in total. The highest BCUT2D eigenvalue weighted by molar-refractivity contribution is 5.51. The molecule has 0 N–H and O–H groups in total. The maximum absolute atomic E-state index is 3.31. The second-order valence-electron chi connectivity index (χ2n) is 8.48. The molecule has 0 saturated carbocycles. The summed E-state index contributed by atoms with van der Waals surface area (Å²) in [6, 6.07) is 23.6. The van der Waals surface area contributed by atoms with Gasteiger partial charge in [0.05, 0.1) is 0 Å². The lowest BCUT2D eigenvalue weighted by atomic mass is 10.0. The van der Waals surface area contributed by atoms with Crippen LogP contribution in [0.5, 0.6) is 0 Å². The van der Waals surface area contributed by atoms with Gasteiger partial charge in [0, 0.05) is 22.3 Å². The SMILES string of the molecule is CCCCCCc1ccc(C#Cc2ccc(C#Cc3ccc(CCC)cc3)c(C)c2)cc1. The van der Waals surface area contributed by atoms with Gasteiger partial charge in [0.15, 0.2) is 0 Å². The van der Waals surface area contributed by atoms with Crippen LogP contribution in [0, 0.1) is 30.6 Å². The average Bonchev–Trinajstić information content (AvgIpc) is 2.82. The lowest BCUT2D eigenvalue weighted by molar-refractivity contribution is 0.667. The zero-order valence-electron chi connectivity index (χ0n) is 19.8. The fourth-order valence-corrected chi connectivity index (χ4v) is 3.72. The number of unbranched alkanes of at least 4 members (excludes halogenated alkanes) is 3. The number of aryl methyl sites for hydroxylation is 3. The molecule has 0 aliphatic carbocycles. The molecule has 0 spiro atoms. The van der Waals surface area contributed by atoms with Crippen molar-refractivity contribution in [1.29, 1.82) is 0 Å². The van der Waals surface area contributed by atoms with Crippen LogP contribution in [0.3, 0.4) is 0 Å². The molecule has 0 amide bonds. The van der Waals surface area contributed by atoms with E-state index in [2.05, 4.69) is 111 Å². The molecule has 162 valence electrons. The van der Waals surface area contributed by atoms with Gasteiger partial charge in [-0.2, -0.15) is 0 Å². The zero-order chi connectivity index (χ0) is 22.6. The molecule has 0 fully saturated rings. The predicted octanol–water partition coefficient (Wildman–Crippen LogP) is 7.87. The van der Waals surface area contributed by atoms with Crippen LogP contribution in [0.2, 0.25) is 0 Å². The highest BCUT2D eigenvalue weighted by Gasteiger charge is 1.98. The van der Waals surface area contributed by atoms with Crippen molar-refractivity contribution in [3.63, 3.8) is 0 Å².